The van der Waals surface area contributed by atoms with Gasteiger partial charge in [-0.1, -0.05) is 50.2 Å². The standard InChI is InChI=1S/C33H41N5O4S/c1-21(2)19-37-16-14-34-28(33(37)42)29(39)26(17-23-9-5-4-6-10-23)36-30(40)24-11-7-12-25(18-24)32(41)38-15-8-13-27(38)31-35-22(3)20-43-31/h4-7,9-12,18,20-21,26-29,34,39H,8,13-17,19H2,1-3H3,(H,36,40)/t26-,27?,28?,29-/m0/s1. The van der Waals surface area contributed by atoms with Crippen LogP contribution in [-0.2, 0) is 11.2 Å². The van der Waals surface area contributed by atoms with Crippen molar-refractivity contribution >= 4 is 29.1 Å². The Morgan fingerprint density at radius 3 is 2.60 bits per heavy atom. The predicted octanol–water partition coefficient (Wildman–Crippen LogP) is 3.59. The minimum Gasteiger partial charge on any atom is -0.389 e. The van der Waals surface area contributed by atoms with E-state index >= 15 is 0 Å². The van der Waals surface area contributed by atoms with Gasteiger partial charge in [-0.2, -0.15) is 0 Å². The normalized spacial score (nSPS) is 20.3. The number of aliphatic hydroxyl groups excluding tert-OH is 1. The molecule has 2 saturated heterocycles. The zero-order valence-electron chi connectivity index (χ0n) is 25.0. The van der Waals surface area contributed by atoms with Crippen molar-refractivity contribution in [2.75, 3.05) is 26.2 Å². The zero-order valence-corrected chi connectivity index (χ0v) is 25.8. The molecule has 2 fully saturated rings. The zero-order chi connectivity index (χ0) is 30.5. The van der Waals surface area contributed by atoms with E-state index in [4.69, 9.17) is 0 Å². The fraction of sp³-hybridized carbons (Fsp3) is 0.455. The molecule has 9 nitrogen and oxygen atoms in total. The Morgan fingerprint density at radius 2 is 1.88 bits per heavy atom. The molecule has 2 aliphatic rings. The van der Waals surface area contributed by atoms with Gasteiger partial charge in [0.25, 0.3) is 11.8 Å². The topological polar surface area (TPSA) is 115 Å². The van der Waals surface area contributed by atoms with Crippen LogP contribution in [0.15, 0.2) is 60.0 Å². The number of amides is 3. The van der Waals surface area contributed by atoms with E-state index in [1.165, 1.54) is 0 Å². The summed E-state index contributed by atoms with van der Waals surface area (Å²) in [6, 6.07) is 14.7. The van der Waals surface area contributed by atoms with Crippen molar-refractivity contribution in [1.29, 1.82) is 0 Å². The first-order chi connectivity index (χ1) is 20.7. The first-order valence-corrected chi connectivity index (χ1v) is 16.0. The van der Waals surface area contributed by atoms with E-state index in [9.17, 15) is 19.5 Å². The van der Waals surface area contributed by atoms with E-state index < -0.39 is 24.1 Å². The van der Waals surface area contributed by atoms with Gasteiger partial charge in [-0.05, 0) is 55.9 Å². The summed E-state index contributed by atoms with van der Waals surface area (Å²) < 4.78 is 0. The van der Waals surface area contributed by atoms with Crippen LogP contribution in [0, 0.1) is 12.8 Å². The van der Waals surface area contributed by atoms with Gasteiger partial charge in [-0.3, -0.25) is 14.4 Å². The lowest BCUT2D eigenvalue weighted by Crippen LogP contribution is -2.64. The first-order valence-electron chi connectivity index (χ1n) is 15.1. The van der Waals surface area contributed by atoms with Gasteiger partial charge in [-0.15, -0.1) is 11.3 Å². The summed E-state index contributed by atoms with van der Waals surface area (Å²) in [4.78, 5) is 48.8. The molecular formula is C33H41N5O4S. The average Bonchev–Trinajstić information content (AvgIpc) is 3.66. The molecule has 0 bridgehead atoms. The summed E-state index contributed by atoms with van der Waals surface area (Å²) in [5.74, 6) is -0.405. The maximum Gasteiger partial charge on any atom is 0.254 e. The molecule has 2 aromatic carbocycles. The molecule has 0 aliphatic carbocycles. The summed E-state index contributed by atoms with van der Waals surface area (Å²) in [5, 5.41) is 20.7. The Kier molecular flexibility index (Phi) is 9.90. The van der Waals surface area contributed by atoms with Gasteiger partial charge in [0.1, 0.15) is 11.0 Å². The number of likely N-dealkylation sites (tertiary alicyclic amines) is 1. The summed E-state index contributed by atoms with van der Waals surface area (Å²) in [6.45, 7) is 8.46. The van der Waals surface area contributed by atoms with E-state index in [2.05, 4.69) is 29.5 Å². The highest BCUT2D eigenvalue weighted by Gasteiger charge is 2.39. The van der Waals surface area contributed by atoms with Crippen LogP contribution in [0.1, 0.15) is 69.7 Å². The number of benzene rings is 2. The molecule has 0 radical (unpaired) electrons. The molecule has 10 heteroatoms. The predicted molar refractivity (Wildman–Crippen MR) is 167 cm³/mol. The maximum absolute atomic E-state index is 13.6. The Hall–Kier alpha value is -3.60. The molecule has 2 aliphatic heterocycles. The van der Waals surface area contributed by atoms with Crippen LogP contribution < -0.4 is 10.6 Å². The molecule has 3 aromatic rings. The van der Waals surface area contributed by atoms with Crippen molar-refractivity contribution in [3.05, 3.63) is 87.4 Å². The second-order valence-corrected chi connectivity index (χ2v) is 12.8. The van der Waals surface area contributed by atoms with Gasteiger partial charge in [-0.25, -0.2) is 4.98 Å². The number of carbonyl (C=O) groups is 3. The van der Waals surface area contributed by atoms with Gasteiger partial charge in [0, 0.05) is 48.4 Å². The van der Waals surface area contributed by atoms with E-state index in [0.29, 0.717) is 49.6 Å². The number of aliphatic hydroxyl groups is 1. The largest absolute Gasteiger partial charge is 0.389 e. The summed E-state index contributed by atoms with van der Waals surface area (Å²) in [6.07, 6.45) is 0.936. The smallest absolute Gasteiger partial charge is 0.254 e. The minimum atomic E-state index is -1.16. The molecule has 0 saturated carbocycles. The number of aryl methyl sites for hydroxylation is 1. The highest BCUT2D eigenvalue weighted by atomic mass is 32.1. The Labute approximate surface area is 257 Å². The molecular weight excluding hydrogens is 562 g/mol. The third-order valence-electron chi connectivity index (χ3n) is 8.09. The lowest BCUT2D eigenvalue weighted by Gasteiger charge is -2.38. The molecule has 228 valence electrons. The second-order valence-electron chi connectivity index (χ2n) is 11.9. The van der Waals surface area contributed by atoms with E-state index in [-0.39, 0.29) is 17.9 Å². The molecule has 2 unspecified atom stereocenters. The fourth-order valence-corrected chi connectivity index (χ4v) is 6.94. The molecule has 5 rings (SSSR count). The molecule has 1 aromatic heterocycles. The van der Waals surface area contributed by atoms with Crippen molar-refractivity contribution in [2.45, 2.75) is 64.3 Å². The number of nitrogens with zero attached hydrogens (tertiary/aromatic N) is 3. The van der Waals surface area contributed by atoms with E-state index in [1.54, 1.807) is 40.5 Å². The quantitative estimate of drug-likeness (QED) is 0.326. The van der Waals surface area contributed by atoms with Crippen LogP contribution in [0.3, 0.4) is 0 Å². The van der Waals surface area contributed by atoms with Crippen LogP contribution in [0.25, 0.3) is 0 Å². The average molecular weight is 604 g/mol. The lowest BCUT2D eigenvalue weighted by atomic mass is 9.93. The number of carbonyl (C=O) groups excluding carboxylic acids is 3. The van der Waals surface area contributed by atoms with Gasteiger partial charge in [0.15, 0.2) is 0 Å². The maximum atomic E-state index is 13.6. The number of aromatic nitrogens is 1. The van der Waals surface area contributed by atoms with Crippen molar-refractivity contribution < 1.29 is 19.5 Å². The van der Waals surface area contributed by atoms with Gasteiger partial charge >= 0.3 is 0 Å². The number of nitrogens with one attached hydrogen (secondary N) is 2. The highest BCUT2D eigenvalue weighted by molar-refractivity contribution is 7.09. The summed E-state index contributed by atoms with van der Waals surface area (Å²) in [7, 11) is 0. The SMILES string of the molecule is Cc1csc(C2CCCN2C(=O)c2cccc(C(=O)N[C@@H](Cc3ccccc3)[C@H](O)C3NCCN(CC(C)C)C3=O)c2)n1. The number of hydrogen-bond donors (Lipinski definition) is 3. The monoisotopic (exact) mass is 603 g/mol. The fourth-order valence-electron chi connectivity index (χ4n) is 6.00. The molecule has 3 heterocycles. The first kappa shape index (κ1) is 30.8. The Balaban J connectivity index is 1.34. The third kappa shape index (κ3) is 7.31. The summed E-state index contributed by atoms with van der Waals surface area (Å²) in [5.41, 5.74) is 2.63. The third-order valence-corrected chi connectivity index (χ3v) is 9.15. The second kappa shape index (κ2) is 13.8. The molecule has 43 heavy (non-hydrogen) atoms. The molecule has 4 atom stereocenters. The van der Waals surface area contributed by atoms with Gasteiger partial charge in [0.05, 0.1) is 18.2 Å². The van der Waals surface area contributed by atoms with Crippen molar-refractivity contribution in [2.24, 2.45) is 5.92 Å². The van der Waals surface area contributed by atoms with Crippen molar-refractivity contribution in [3.8, 4) is 0 Å². The van der Waals surface area contributed by atoms with Crippen LogP contribution in [0.5, 0.6) is 0 Å². The number of hydrogen-bond acceptors (Lipinski definition) is 7. The van der Waals surface area contributed by atoms with Gasteiger partial charge < -0.3 is 25.5 Å². The molecule has 0 spiro atoms. The number of rotatable bonds is 10. The molecule has 3 amide bonds. The number of thiazole rings is 1. The number of piperazine rings is 1. The minimum absolute atomic E-state index is 0.0649. The van der Waals surface area contributed by atoms with Crippen molar-refractivity contribution in [1.82, 2.24) is 25.4 Å². The Morgan fingerprint density at radius 1 is 1.12 bits per heavy atom. The van der Waals surface area contributed by atoms with Gasteiger partial charge in [0.2, 0.25) is 5.91 Å². The van der Waals surface area contributed by atoms with E-state index in [1.807, 2.05) is 47.5 Å². The lowest BCUT2D eigenvalue weighted by molar-refractivity contribution is -0.140. The van der Waals surface area contributed by atoms with Crippen LogP contribution in [-0.4, -0.2) is 82.0 Å². The van der Waals surface area contributed by atoms with Crippen LogP contribution in [0.2, 0.25) is 0 Å². The molecule has 3 N–H and O–H groups in total. The van der Waals surface area contributed by atoms with Crippen LogP contribution >= 0.6 is 11.3 Å². The van der Waals surface area contributed by atoms with Crippen molar-refractivity contribution in [3.63, 3.8) is 0 Å². The Bertz CT molecular complexity index is 1430. The van der Waals surface area contributed by atoms with E-state index in [0.717, 1.165) is 29.1 Å². The highest BCUT2D eigenvalue weighted by Crippen LogP contribution is 2.34. The van der Waals surface area contributed by atoms with Crippen LogP contribution in [0.4, 0.5) is 0 Å². The summed E-state index contributed by atoms with van der Waals surface area (Å²) >= 11 is 1.57.